The summed E-state index contributed by atoms with van der Waals surface area (Å²) in [5, 5.41) is 24.5. The number of carboxylic acid groups (broad SMARTS) is 2. The van der Waals surface area contributed by atoms with Crippen molar-refractivity contribution in [3.8, 4) is 0 Å². The number of hydrogen-bond acceptors (Lipinski definition) is 7. The van der Waals surface area contributed by atoms with Gasteiger partial charge in [0.1, 0.15) is 18.1 Å². The number of aliphatic carboxylic acids is 2. The Morgan fingerprint density at radius 2 is 1.76 bits per heavy atom. The number of hydrogen-bond donors (Lipinski definition) is 7. The topological polar surface area (TPSA) is 238 Å². The molecule has 9 N–H and O–H groups in total. The molecular weight excluding hydrogens is 500 g/mol. The smallest absolute Gasteiger partial charge is 0.326 e. The summed E-state index contributed by atoms with van der Waals surface area (Å²) in [4.78, 5) is 77.2. The normalized spacial score (nSPS) is 17.4. The lowest BCUT2D eigenvalue weighted by Crippen LogP contribution is -2.57. The summed E-state index contributed by atoms with van der Waals surface area (Å²) in [6.07, 6.45) is 0.963. The number of para-hydroxylation sites is 1. The predicted octanol–water partition coefficient (Wildman–Crippen LogP) is -1.57. The average molecular weight is 531 g/mol. The van der Waals surface area contributed by atoms with E-state index in [-0.39, 0.29) is 19.4 Å². The molecule has 1 aliphatic rings. The highest BCUT2D eigenvalue weighted by Gasteiger charge is 2.40. The van der Waals surface area contributed by atoms with Gasteiger partial charge in [0.2, 0.25) is 23.6 Å². The Morgan fingerprint density at radius 3 is 2.42 bits per heavy atom. The molecule has 1 aromatic carbocycles. The van der Waals surface area contributed by atoms with Crippen molar-refractivity contribution in [1.82, 2.24) is 20.5 Å². The Balaban J connectivity index is 1.72. The zero-order chi connectivity index (χ0) is 28.0. The van der Waals surface area contributed by atoms with E-state index >= 15 is 0 Å². The molecule has 2 aromatic rings. The molecule has 0 aliphatic carbocycles. The van der Waals surface area contributed by atoms with Crippen molar-refractivity contribution < 1.29 is 39.0 Å². The van der Waals surface area contributed by atoms with Crippen molar-refractivity contribution in [2.75, 3.05) is 6.54 Å². The minimum atomic E-state index is -1.56. The number of nitrogens with zero attached hydrogens (tertiary/aromatic N) is 1. The van der Waals surface area contributed by atoms with Crippen molar-refractivity contribution >= 4 is 46.5 Å². The van der Waals surface area contributed by atoms with Gasteiger partial charge in [-0.1, -0.05) is 18.2 Å². The number of carbonyl (C=O) groups is 6. The number of rotatable bonds is 12. The zero-order valence-electron chi connectivity index (χ0n) is 20.4. The van der Waals surface area contributed by atoms with Crippen molar-refractivity contribution in [1.29, 1.82) is 0 Å². The van der Waals surface area contributed by atoms with Crippen molar-refractivity contribution in [3.63, 3.8) is 0 Å². The first-order chi connectivity index (χ1) is 18.0. The summed E-state index contributed by atoms with van der Waals surface area (Å²) >= 11 is 0. The van der Waals surface area contributed by atoms with Gasteiger partial charge in [0.15, 0.2) is 0 Å². The van der Waals surface area contributed by atoms with E-state index in [0.29, 0.717) is 12.0 Å². The van der Waals surface area contributed by atoms with Crippen LogP contribution in [0.25, 0.3) is 10.9 Å². The maximum absolute atomic E-state index is 13.2. The number of primary amides is 1. The largest absolute Gasteiger partial charge is 0.481 e. The molecule has 1 aliphatic heterocycles. The fraction of sp³-hybridized carbons (Fsp3) is 0.417. The summed E-state index contributed by atoms with van der Waals surface area (Å²) in [5.41, 5.74) is 12.1. The maximum atomic E-state index is 13.2. The fourth-order valence-corrected chi connectivity index (χ4v) is 4.45. The molecule has 0 saturated carbocycles. The lowest BCUT2D eigenvalue weighted by atomic mass is 10.0. The molecule has 1 fully saturated rings. The van der Waals surface area contributed by atoms with Crippen LogP contribution in [0.15, 0.2) is 30.5 Å². The van der Waals surface area contributed by atoms with E-state index in [9.17, 15) is 39.0 Å². The number of aromatic nitrogens is 1. The number of aromatic amines is 1. The minimum absolute atomic E-state index is 0.0127. The lowest BCUT2D eigenvalue weighted by Gasteiger charge is -2.29. The van der Waals surface area contributed by atoms with Crippen LogP contribution in [0.1, 0.15) is 31.2 Å². The van der Waals surface area contributed by atoms with Crippen LogP contribution in [0, 0.1) is 0 Å². The van der Waals surface area contributed by atoms with Gasteiger partial charge < -0.3 is 42.2 Å². The molecule has 0 spiro atoms. The zero-order valence-corrected chi connectivity index (χ0v) is 20.4. The van der Waals surface area contributed by atoms with Crippen LogP contribution in [-0.2, 0) is 35.2 Å². The first-order valence-electron chi connectivity index (χ1n) is 11.9. The van der Waals surface area contributed by atoms with E-state index in [0.717, 1.165) is 15.8 Å². The number of nitrogens with one attached hydrogen (secondary N) is 3. The fourth-order valence-electron chi connectivity index (χ4n) is 4.45. The third-order valence-corrected chi connectivity index (χ3v) is 6.30. The van der Waals surface area contributed by atoms with E-state index in [1.807, 2.05) is 24.3 Å². The lowest BCUT2D eigenvalue weighted by molar-refractivity contribution is -0.147. The molecular formula is C24H30N6O8. The summed E-state index contributed by atoms with van der Waals surface area (Å²) in [6.45, 7) is 0.0937. The molecule has 3 rings (SSSR count). The first kappa shape index (κ1) is 28.1. The predicted molar refractivity (Wildman–Crippen MR) is 132 cm³/mol. The Labute approximate surface area is 216 Å². The highest BCUT2D eigenvalue weighted by atomic mass is 16.4. The van der Waals surface area contributed by atoms with Crippen molar-refractivity contribution in [3.05, 3.63) is 36.0 Å². The van der Waals surface area contributed by atoms with Crippen LogP contribution in [0.5, 0.6) is 0 Å². The summed E-state index contributed by atoms with van der Waals surface area (Å²) < 4.78 is 0. The van der Waals surface area contributed by atoms with Crippen molar-refractivity contribution in [2.45, 2.75) is 56.3 Å². The van der Waals surface area contributed by atoms with Crippen LogP contribution in [-0.4, -0.2) is 86.4 Å². The van der Waals surface area contributed by atoms with E-state index in [4.69, 9.17) is 11.5 Å². The number of amides is 4. The number of fused-ring (bicyclic) bond motifs is 1. The number of likely N-dealkylation sites (tertiary alicyclic amines) is 1. The summed E-state index contributed by atoms with van der Waals surface area (Å²) in [5.74, 6) is -6.02. The Hall–Kier alpha value is -4.46. The summed E-state index contributed by atoms with van der Waals surface area (Å²) in [7, 11) is 0. The standard InChI is InChI=1S/C24H30N6O8/c25-14(9-19(26)31)21(34)28-16(10-20(32)33)23(36)30-7-3-6-18(30)22(35)29-17(24(37)38)8-12-11-27-15-5-2-1-4-13(12)15/h1-2,4-5,11,14,16-18,27H,3,6-10,25H2,(H2,26,31)(H,28,34)(H,29,35)(H,32,33)(H,37,38). The Kier molecular flexibility index (Phi) is 9.02. The molecule has 4 atom stereocenters. The molecule has 14 nitrogen and oxygen atoms in total. The van der Waals surface area contributed by atoms with Crippen LogP contribution < -0.4 is 22.1 Å². The third-order valence-electron chi connectivity index (χ3n) is 6.30. The Morgan fingerprint density at radius 1 is 1.05 bits per heavy atom. The van der Waals surface area contributed by atoms with E-state index < -0.39 is 72.6 Å². The Bertz CT molecular complexity index is 1240. The molecule has 1 saturated heterocycles. The quantitative estimate of drug-likeness (QED) is 0.167. The van der Waals surface area contributed by atoms with E-state index in [1.54, 1.807) is 6.20 Å². The molecule has 2 heterocycles. The molecule has 4 amide bonds. The highest BCUT2D eigenvalue weighted by Crippen LogP contribution is 2.22. The molecule has 204 valence electrons. The van der Waals surface area contributed by atoms with Gasteiger partial charge in [0.05, 0.1) is 18.9 Å². The molecule has 0 bridgehead atoms. The molecule has 14 heteroatoms. The SMILES string of the molecule is NC(=O)CC(N)C(=O)NC(CC(=O)O)C(=O)N1CCCC1C(=O)NC(Cc1c[nH]c2ccccc12)C(=O)O. The van der Waals surface area contributed by atoms with E-state index in [2.05, 4.69) is 15.6 Å². The highest BCUT2D eigenvalue weighted by molar-refractivity contribution is 5.97. The second-order valence-corrected chi connectivity index (χ2v) is 9.09. The van der Waals surface area contributed by atoms with Crippen molar-refractivity contribution in [2.24, 2.45) is 11.5 Å². The number of carboxylic acids is 2. The van der Waals surface area contributed by atoms with Gasteiger partial charge in [0.25, 0.3) is 0 Å². The first-order valence-corrected chi connectivity index (χ1v) is 11.9. The average Bonchev–Trinajstić information content (AvgIpc) is 3.49. The third kappa shape index (κ3) is 6.85. The maximum Gasteiger partial charge on any atom is 0.326 e. The number of benzene rings is 1. The molecule has 4 unspecified atom stereocenters. The second-order valence-electron chi connectivity index (χ2n) is 9.09. The molecule has 38 heavy (non-hydrogen) atoms. The minimum Gasteiger partial charge on any atom is -0.481 e. The molecule has 0 radical (unpaired) electrons. The second kappa shape index (κ2) is 12.2. The van der Waals surface area contributed by atoms with Gasteiger partial charge in [-0.15, -0.1) is 0 Å². The molecule has 1 aromatic heterocycles. The van der Waals surface area contributed by atoms with Gasteiger partial charge in [-0.25, -0.2) is 4.79 Å². The van der Waals surface area contributed by atoms with Crippen LogP contribution >= 0.6 is 0 Å². The van der Waals surface area contributed by atoms with Gasteiger partial charge in [-0.3, -0.25) is 24.0 Å². The number of nitrogens with two attached hydrogens (primary N) is 2. The number of H-pyrrole nitrogens is 1. The van der Waals surface area contributed by atoms with Gasteiger partial charge in [0, 0.05) is 30.1 Å². The van der Waals surface area contributed by atoms with Gasteiger partial charge >= 0.3 is 11.9 Å². The monoisotopic (exact) mass is 530 g/mol. The van der Waals surface area contributed by atoms with Crippen LogP contribution in [0.2, 0.25) is 0 Å². The number of carbonyl (C=O) groups excluding carboxylic acids is 4. The van der Waals surface area contributed by atoms with Crippen LogP contribution in [0.4, 0.5) is 0 Å². The van der Waals surface area contributed by atoms with Gasteiger partial charge in [-0.05, 0) is 24.5 Å². The summed E-state index contributed by atoms with van der Waals surface area (Å²) in [6, 6.07) is 1.98. The van der Waals surface area contributed by atoms with E-state index in [1.165, 1.54) is 0 Å². The van der Waals surface area contributed by atoms with Gasteiger partial charge in [-0.2, -0.15) is 0 Å². The van der Waals surface area contributed by atoms with Crippen LogP contribution in [0.3, 0.4) is 0 Å².